The Balaban J connectivity index is 1.36. The standard InChI is InChI=1S/C21H23F2NO4/c22-17-6-13(7-18(23)20(17)26)19(25)11-24-10-14-8-16(9-21(14,27)12-24)28-15-4-2-1-3-5-15/h1-7,14,16,19,25-27H,8-12H2/t14-,16+,19-,21-/m1/s1. The van der Waals surface area contributed by atoms with Crippen molar-refractivity contribution in [3.05, 3.63) is 59.7 Å². The summed E-state index contributed by atoms with van der Waals surface area (Å²) in [4.78, 5) is 1.90. The van der Waals surface area contributed by atoms with Gasteiger partial charge in [-0.15, -0.1) is 0 Å². The molecule has 0 radical (unpaired) electrons. The first-order valence-corrected chi connectivity index (χ1v) is 9.36. The van der Waals surface area contributed by atoms with Crippen molar-refractivity contribution in [2.24, 2.45) is 5.92 Å². The number of rotatable bonds is 5. The van der Waals surface area contributed by atoms with Gasteiger partial charge in [-0.1, -0.05) is 18.2 Å². The zero-order chi connectivity index (χ0) is 19.9. The average Bonchev–Trinajstić information content (AvgIpc) is 3.10. The fourth-order valence-corrected chi connectivity index (χ4v) is 4.43. The molecule has 2 aromatic rings. The summed E-state index contributed by atoms with van der Waals surface area (Å²) < 4.78 is 33.0. The number of likely N-dealkylation sites (tertiary alicyclic amines) is 1. The van der Waals surface area contributed by atoms with Gasteiger partial charge in [-0.05, 0) is 36.2 Å². The monoisotopic (exact) mass is 391 g/mol. The van der Waals surface area contributed by atoms with E-state index in [0.29, 0.717) is 25.9 Å². The minimum atomic E-state index is -1.12. The molecular weight excluding hydrogens is 368 g/mol. The van der Waals surface area contributed by atoms with Crippen molar-refractivity contribution in [1.82, 2.24) is 4.90 Å². The van der Waals surface area contributed by atoms with Crippen LogP contribution in [-0.2, 0) is 0 Å². The van der Waals surface area contributed by atoms with E-state index in [4.69, 9.17) is 4.74 Å². The third-order valence-corrected chi connectivity index (χ3v) is 5.77. The number of hydrogen-bond acceptors (Lipinski definition) is 5. The highest BCUT2D eigenvalue weighted by atomic mass is 19.1. The van der Waals surface area contributed by atoms with E-state index >= 15 is 0 Å². The first-order chi connectivity index (χ1) is 13.3. The predicted octanol–water partition coefficient (Wildman–Crippen LogP) is 2.61. The molecule has 7 heteroatoms. The summed E-state index contributed by atoms with van der Waals surface area (Å²) >= 11 is 0. The van der Waals surface area contributed by atoms with Gasteiger partial charge in [-0.3, -0.25) is 4.90 Å². The number of benzene rings is 2. The molecule has 3 N–H and O–H groups in total. The van der Waals surface area contributed by atoms with Gasteiger partial charge in [0.1, 0.15) is 11.9 Å². The van der Waals surface area contributed by atoms with Crippen molar-refractivity contribution in [2.45, 2.75) is 30.7 Å². The fraction of sp³-hybridized carbons (Fsp3) is 0.429. The third kappa shape index (κ3) is 3.70. The largest absolute Gasteiger partial charge is 0.503 e. The van der Waals surface area contributed by atoms with E-state index in [9.17, 15) is 24.1 Å². The topological polar surface area (TPSA) is 73.2 Å². The lowest BCUT2D eigenvalue weighted by molar-refractivity contribution is 0.0178. The smallest absolute Gasteiger partial charge is 0.187 e. The fourth-order valence-electron chi connectivity index (χ4n) is 4.43. The van der Waals surface area contributed by atoms with Crippen LogP contribution in [0.15, 0.2) is 42.5 Å². The van der Waals surface area contributed by atoms with Crippen LogP contribution in [0.1, 0.15) is 24.5 Å². The second-order valence-corrected chi connectivity index (χ2v) is 7.84. The summed E-state index contributed by atoms with van der Waals surface area (Å²) in [5.41, 5.74) is -0.841. The molecular formula is C21H23F2NO4. The maximum Gasteiger partial charge on any atom is 0.187 e. The average molecular weight is 391 g/mol. The molecule has 1 saturated carbocycles. The van der Waals surface area contributed by atoms with Crippen LogP contribution < -0.4 is 4.74 Å². The number of aromatic hydroxyl groups is 1. The number of nitrogens with zero attached hydrogens (tertiary/aromatic N) is 1. The van der Waals surface area contributed by atoms with E-state index in [0.717, 1.165) is 17.9 Å². The Morgan fingerprint density at radius 3 is 2.50 bits per heavy atom. The van der Waals surface area contributed by atoms with Crippen molar-refractivity contribution in [1.29, 1.82) is 0 Å². The molecule has 4 atom stereocenters. The number of para-hydroxylation sites is 1. The Morgan fingerprint density at radius 2 is 1.86 bits per heavy atom. The molecule has 0 bridgehead atoms. The molecule has 28 heavy (non-hydrogen) atoms. The second-order valence-electron chi connectivity index (χ2n) is 7.84. The molecule has 1 heterocycles. The van der Waals surface area contributed by atoms with Gasteiger partial charge in [-0.2, -0.15) is 0 Å². The maximum absolute atomic E-state index is 13.5. The van der Waals surface area contributed by atoms with Gasteiger partial charge in [0.2, 0.25) is 0 Å². The van der Waals surface area contributed by atoms with Crippen LogP contribution in [-0.4, -0.2) is 51.6 Å². The van der Waals surface area contributed by atoms with E-state index in [1.54, 1.807) is 0 Å². The van der Waals surface area contributed by atoms with Crippen molar-refractivity contribution < 1.29 is 28.8 Å². The Bertz CT molecular complexity index is 827. The highest BCUT2D eigenvalue weighted by Crippen LogP contribution is 2.43. The minimum Gasteiger partial charge on any atom is -0.503 e. The highest BCUT2D eigenvalue weighted by molar-refractivity contribution is 5.31. The molecule has 4 rings (SSSR count). The summed E-state index contributed by atoms with van der Waals surface area (Å²) in [6.07, 6.45) is 0.0235. The lowest BCUT2D eigenvalue weighted by Crippen LogP contribution is -2.36. The van der Waals surface area contributed by atoms with E-state index in [-0.39, 0.29) is 24.1 Å². The van der Waals surface area contributed by atoms with Crippen LogP contribution in [0.2, 0.25) is 0 Å². The number of phenolic OH excluding ortho intramolecular Hbond substituents is 1. The number of phenols is 1. The van der Waals surface area contributed by atoms with Gasteiger partial charge in [0.05, 0.1) is 11.7 Å². The number of aliphatic hydroxyl groups is 2. The second kappa shape index (κ2) is 7.31. The molecule has 1 aliphatic heterocycles. The summed E-state index contributed by atoms with van der Waals surface area (Å²) in [7, 11) is 0. The Labute approximate surface area is 161 Å². The van der Waals surface area contributed by atoms with Gasteiger partial charge in [0.25, 0.3) is 0 Å². The Hall–Kier alpha value is -2.22. The molecule has 2 aliphatic rings. The lowest BCUT2D eigenvalue weighted by Gasteiger charge is -2.25. The molecule has 1 aliphatic carbocycles. The zero-order valence-corrected chi connectivity index (χ0v) is 15.3. The number of fused-ring (bicyclic) bond motifs is 1. The van der Waals surface area contributed by atoms with Crippen molar-refractivity contribution in [3.8, 4) is 11.5 Å². The van der Waals surface area contributed by atoms with Crippen molar-refractivity contribution in [2.75, 3.05) is 19.6 Å². The van der Waals surface area contributed by atoms with Gasteiger partial charge >= 0.3 is 0 Å². The van der Waals surface area contributed by atoms with Crippen LogP contribution in [0.25, 0.3) is 0 Å². The van der Waals surface area contributed by atoms with Gasteiger partial charge < -0.3 is 20.1 Å². The molecule has 0 amide bonds. The number of ether oxygens (including phenoxy) is 1. The Kier molecular flexibility index (Phi) is 4.99. The number of β-amino-alcohol motifs (C(OH)–C–C–N with tert-alkyl or cyclic N) is 2. The summed E-state index contributed by atoms with van der Waals surface area (Å²) in [6.45, 7) is 1.09. The zero-order valence-electron chi connectivity index (χ0n) is 15.3. The summed E-state index contributed by atoms with van der Waals surface area (Å²) in [6, 6.07) is 11.3. The first-order valence-electron chi connectivity index (χ1n) is 9.36. The lowest BCUT2D eigenvalue weighted by atomic mass is 9.95. The summed E-state index contributed by atoms with van der Waals surface area (Å²) in [5.74, 6) is -2.47. The van der Waals surface area contributed by atoms with E-state index in [1.807, 2.05) is 35.2 Å². The molecule has 5 nitrogen and oxygen atoms in total. The first kappa shape index (κ1) is 19.1. The van der Waals surface area contributed by atoms with Crippen molar-refractivity contribution >= 4 is 0 Å². The van der Waals surface area contributed by atoms with E-state index < -0.39 is 29.1 Å². The van der Waals surface area contributed by atoms with Crippen LogP contribution in [0, 0.1) is 17.6 Å². The van der Waals surface area contributed by atoms with E-state index in [1.165, 1.54) is 0 Å². The normalized spacial score (nSPS) is 28.3. The maximum atomic E-state index is 13.5. The molecule has 150 valence electrons. The van der Waals surface area contributed by atoms with Crippen LogP contribution >= 0.6 is 0 Å². The SMILES string of the molecule is Oc1c(F)cc([C@H](O)CN2C[C@H]3C[C@H](Oc4ccccc4)C[C@@]3(O)C2)cc1F. The van der Waals surface area contributed by atoms with Crippen molar-refractivity contribution in [3.63, 3.8) is 0 Å². The minimum absolute atomic E-state index is 0.0155. The number of aliphatic hydroxyl groups excluding tert-OH is 1. The molecule has 0 spiro atoms. The van der Waals surface area contributed by atoms with Crippen LogP contribution in [0.3, 0.4) is 0 Å². The van der Waals surface area contributed by atoms with Gasteiger partial charge in [0.15, 0.2) is 17.4 Å². The molecule has 2 aromatic carbocycles. The quantitative estimate of drug-likeness (QED) is 0.731. The molecule has 1 saturated heterocycles. The number of hydrogen-bond donors (Lipinski definition) is 3. The highest BCUT2D eigenvalue weighted by Gasteiger charge is 2.52. The third-order valence-electron chi connectivity index (χ3n) is 5.77. The number of halogens is 2. The predicted molar refractivity (Wildman–Crippen MR) is 98.0 cm³/mol. The van der Waals surface area contributed by atoms with Gasteiger partial charge in [0, 0.05) is 32.0 Å². The van der Waals surface area contributed by atoms with Crippen LogP contribution in [0.5, 0.6) is 11.5 Å². The Morgan fingerprint density at radius 1 is 1.18 bits per heavy atom. The van der Waals surface area contributed by atoms with Gasteiger partial charge in [-0.25, -0.2) is 8.78 Å². The van der Waals surface area contributed by atoms with E-state index in [2.05, 4.69) is 0 Å². The molecule has 2 fully saturated rings. The molecule has 0 unspecified atom stereocenters. The van der Waals surface area contributed by atoms with Crippen LogP contribution in [0.4, 0.5) is 8.78 Å². The molecule has 0 aromatic heterocycles. The summed E-state index contributed by atoms with van der Waals surface area (Å²) in [5, 5.41) is 30.5.